The van der Waals surface area contributed by atoms with Crippen LogP contribution in [0.25, 0.3) is 0 Å². The molecule has 1 aromatic carbocycles. The van der Waals surface area contributed by atoms with Crippen molar-refractivity contribution in [1.29, 1.82) is 0 Å². The zero-order valence-corrected chi connectivity index (χ0v) is 15.0. The number of benzene rings is 1. The van der Waals surface area contributed by atoms with E-state index in [9.17, 15) is 9.59 Å². The van der Waals surface area contributed by atoms with Gasteiger partial charge in [-0.2, -0.15) is 0 Å². The van der Waals surface area contributed by atoms with Crippen molar-refractivity contribution in [1.82, 2.24) is 4.98 Å². The maximum absolute atomic E-state index is 12.4. The Morgan fingerprint density at radius 2 is 1.88 bits per heavy atom. The third kappa shape index (κ3) is 5.86. The quantitative estimate of drug-likeness (QED) is 0.530. The zero-order valence-electron chi connectivity index (χ0n) is 15.0. The summed E-state index contributed by atoms with van der Waals surface area (Å²) >= 11 is 0. The van der Waals surface area contributed by atoms with E-state index in [1.54, 1.807) is 56.6 Å². The molecular formula is C19H23N3O4. The summed E-state index contributed by atoms with van der Waals surface area (Å²) in [5, 5.41) is 5.98. The topological polar surface area (TPSA) is 89.5 Å². The molecule has 2 N–H and O–H groups in total. The summed E-state index contributed by atoms with van der Waals surface area (Å²) in [5.74, 6) is -0.714. The van der Waals surface area contributed by atoms with Gasteiger partial charge in [-0.3, -0.25) is 9.78 Å². The number of hydrogen-bond acceptors (Lipinski definition) is 6. The van der Waals surface area contributed by atoms with Crippen molar-refractivity contribution in [3.05, 3.63) is 53.9 Å². The number of nitrogens with one attached hydrogen (secondary N) is 2. The predicted octanol–water partition coefficient (Wildman–Crippen LogP) is 2.96. The molecule has 0 atom stereocenters. The fourth-order valence-corrected chi connectivity index (χ4v) is 2.21. The maximum atomic E-state index is 12.4. The number of pyridine rings is 1. The molecule has 0 unspecified atom stereocenters. The van der Waals surface area contributed by atoms with Gasteiger partial charge in [0.15, 0.2) is 0 Å². The number of aromatic nitrogens is 1. The molecular weight excluding hydrogens is 334 g/mol. The van der Waals surface area contributed by atoms with E-state index in [1.807, 2.05) is 0 Å². The molecule has 1 heterocycles. The third-order valence-corrected chi connectivity index (χ3v) is 3.50. The van der Waals surface area contributed by atoms with Crippen molar-refractivity contribution < 1.29 is 19.1 Å². The van der Waals surface area contributed by atoms with Crippen LogP contribution in [0.5, 0.6) is 0 Å². The molecule has 2 rings (SSSR count). The van der Waals surface area contributed by atoms with Gasteiger partial charge in [0, 0.05) is 37.8 Å². The summed E-state index contributed by atoms with van der Waals surface area (Å²) in [4.78, 5) is 28.1. The molecule has 1 aromatic heterocycles. The average Bonchev–Trinajstić information content (AvgIpc) is 2.66. The Bertz CT molecular complexity index is 732. The van der Waals surface area contributed by atoms with E-state index in [1.165, 1.54) is 0 Å². The molecule has 0 radical (unpaired) electrons. The number of anilines is 2. The molecule has 7 nitrogen and oxygen atoms in total. The average molecular weight is 357 g/mol. The molecule has 0 fully saturated rings. The van der Waals surface area contributed by atoms with E-state index < -0.39 is 0 Å². The first-order chi connectivity index (χ1) is 12.6. The third-order valence-electron chi connectivity index (χ3n) is 3.50. The minimum Gasteiger partial charge on any atom is -0.462 e. The largest absolute Gasteiger partial charge is 0.462 e. The van der Waals surface area contributed by atoms with Crippen LogP contribution in [-0.2, 0) is 9.47 Å². The molecule has 0 aliphatic rings. The number of ether oxygens (including phenoxy) is 2. The highest BCUT2D eigenvalue weighted by molar-refractivity contribution is 6.03. The molecule has 138 valence electrons. The summed E-state index contributed by atoms with van der Waals surface area (Å²) in [7, 11) is 1.66. The molecule has 7 heteroatoms. The Hall–Kier alpha value is -2.93. The highest BCUT2D eigenvalue weighted by Crippen LogP contribution is 2.13. The minimum atomic E-state index is -0.390. The lowest BCUT2D eigenvalue weighted by atomic mass is 10.2. The molecule has 0 bridgehead atoms. The summed E-state index contributed by atoms with van der Waals surface area (Å²) in [6.45, 7) is 3.49. The smallest absolute Gasteiger partial charge is 0.338 e. The zero-order chi connectivity index (χ0) is 18.8. The lowest BCUT2D eigenvalue weighted by Crippen LogP contribution is -2.14. The summed E-state index contributed by atoms with van der Waals surface area (Å²) < 4.78 is 9.93. The number of rotatable bonds is 9. The SMILES string of the molecule is CCOC(=O)c1ccc(NC(=O)c2cc(NCCCOC)ccn2)cc1. The fourth-order valence-electron chi connectivity index (χ4n) is 2.21. The summed E-state index contributed by atoms with van der Waals surface area (Å²) in [5.41, 5.74) is 2.13. The molecule has 0 spiro atoms. The van der Waals surface area contributed by atoms with Gasteiger partial charge >= 0.3 is 5.97 Å². The van der Waals surface area contributed by atoms with Gasteiger partial charge in [0.25, 0.3) is 5.91 Å². The number of esters is 1. The maximum Gasteiger partial charge on any atom is 0.338 e. The number of amides is 1. The molecule has 0 aliphatic carbocycles. The summed E-state index contributed by atoms with van der Waals surface area (Å²) in [6, 6.07) is 10.0. The first kappa shape index (κ1) is 19.4. The van der Waals surface area contributed by atoms with Crippen LogP contribution >= 0.6 is 0 Å². The Kier molecular flexibility index (Phi) is 7.57. The minimum absolute atomic E-state index is 0.302. The van der Waals surface area contributed by atoms with Crippen LogP contribution in [0, 0.1) is 0 Å². The van der Waals surface area contributed by atoms with Gasteiger partial charge in [0.1, 0.15) is 5.69 Å². The predicted molar refractivity (Wildman–Crippen MR) is 99.6 cm³/mol. The van der Waals surface area contributed by atoms with Gasteiger partial charge in [-0.1, -0.05) is 0 Å². The molecule has 0 aliphatic heterocycles. The van der Waals surface area contributed by atoms with Crippen molar-refractivity contribution in [3.63, 3.8) is 0 Å². The van der Waals surface area contributed by atoms with E-state index in [0.717, 1.165) is 18.7 Å². The van der Waals surface area contributed by atoms with Crippen LogP contribution in [0.1, 0.15) is 34.2 Å². The van der Waals surface area contributed by atoms with Gasteiger partial charge in [-0.25, -0.2) is 4.79 Å². The molecule has 0 saturated heterocycles. The van der Waals surface area contributed by atoms with Gasteiger partial charge in [0.2, 0.25) is 0 Å². The first-order valence-corrected chi connectivity index (χ1v) is 8.41. The molecule has 0 saturated carbocycles. The van der Waals surface area contributed by atoms with E-state index in [0.29, 0.717) is 30.2 Å². The molecule has 2 aromatic rings. The summed E-state index contributed by atoms with van der Waals surface area (Å²) in [6.07, 6.45) is 2.45. The first-order valence-electron chi connectivity index (χ1n) is 8.41. The van der Waals surface area contributed by atoms with Gasteiger partial charge in [-0.15, -0.1) is 0 Å². The standard InChI is InChI=1S/C19H23N3O4/c1-3-26-19(24)14-5-7-15(8-6-14)22-18(23)17-13-16(9-11-21-17)20-10-4-12-25-2/h5-9,11,13H,3-4,10,12H2,1-2H3,(H,20,21)(H,22,23). The van der Waals surface area contributed by atoms with Crippen molar-refractivity contribution in [2.45, 2.75) is 13.3 Å². The highest BCUT2D eigenvalue weighted by Gasteiger charge is 2.10. The number of hydrogen-bond donors (Lipinski definition) is 2. The lowest BCUT2D eigenvalue weighted by Gasteiger charge is -2.09. The van der Waals surface area contributed by atoms with Gasteiger partial charge in [-0.05, 0) is 49.7 Å². The van der Waals surface area contributed by atoms with Gasteiger partial charge in [0.05, 0.1) is 12.2 Å². The van der Waals surface area contributed by atoms with Crippen LogP contribution in [0.15, 0.2) is 42.6 Å². The Morgan fingerprint density at radius 1 is 1.12 bits per heavy atom. The van der Waals surface area contributed by atoms with Crippen molar-refractivity contribution in [3.8, 4) is 0 Å². The van der Waals surface area contributed by atoms with Gasteiger partial charge < -0.3 is 20.1 Å². The lowest BCUT2D eigenvalue weighted by molar-refractivity contribution is 0.0526. The Labute approximate surface area is 152 Å². The number of carbonyl (C=O) groups is 2. The van der Waals surface area contributed by atoms with E-state index in [4.69, 9.17) is 9.47 Å². The Balaban J connectivity index is 1.95. The second-order valence-corrected chi connectivity index (χ2v) is 5.45. The van der Waals surface area contributed by atoms with Crippen LogP contribution in [0.3, 0.4) is 0 Å². The van der Waals surface area contributed by atoms with E-state index in [2.05, 4.69) is 15.6 Å². The number of nitrogens with zero attached hydrogens (tertiary/aromatic N) is 1. The second-order valence-electron chi connectivity index (χ2n) is 5.45. The van der Waals surface area contributed by atoms with Crippen LogP contribution in [0.4, 0.5) is 11.4 Å². The van der Waals surface area contributed by atoms with Crippen LogP contribution in [0.2, 0.25) is 0 Å². The van der Waals surface area contributed by atoms with Crippen molar-refractivity contribution >= 4 is 23.3 Å². The second kappa shape index (κ2) is 10.1. The van der Waals surface area contributed by atoms with Crippen LogP contribution in [-0.4, -0.2) is 43.7 Å². The normalized spacial score (nSPS) is 10.2. The van der Waals surface area contributed by atoms with E-state index in [-0.39, 0.29) is 11.9 Å². The fraction of sp³-hybridized carbons (Fsp3) is 0.316. The van der Waals surface area contributed by atoms with Crippen molar-refractivity contribution in [2.75, 3.05) is 37.5 Å². The number of methoxy groups -OCH3 is 1. The number of carbonyl (C=O) groups excluding carboxylic acids is 2. The monoisotopic (exact) mass is 357 g/mol. The molecule has 1 amide bonds. The highest BCUT2D eigenvalue weighted by atomic mass is 16.5. The molecule has 26 heavy (non-hydrogen) atoms. The van der Waals surface area contributed by atoms with Crippen molar-refractivity contribution in [2.24, 2.45) is 0 Å². The van der Waals surface area contributed by atoms with Crippen LogP contribution < -0.4 is 10.6 Å². The van der Waals surface area contributed by atoms with E-state index >= 15 is 0 Å². The Morgan fingerprint density at radius 3 is 2.58 bits per heavy atom.